The normalized spacial score (nSPS) is 11.8. The minimum Gasteiger partial charge on any atom is -0.478 e. The van der Waals surface area contributed by atoms with Gasteiger partial charge in [-0.3, -0.25) is 10.1 Å². The van der Waals surface area contributed by atoms with Gasteiger partial charge in [-0.15, -0.1) is 0 Å². The molecule has 0 aliphatic heterocycles. The zero-order valence-corrected chi connectivity index (χ0v) is 13.4. The maximum atomic E-state index is 11.1. The minimum atomic E-state index is -1.17. The Morgan fingerprint density at radius 3 is 2.52 bits per heavy atom. The van der Waals surface area contributed by atoms with E-state index >= 15 is 0 Å². The van der Waals surface area contributed by atoms with Gasteiger partial charge in [0.05, 0.1) is 16.5 Å². The van der Waals surface area contributed by atoms with Crippen LogP contribution in [0.4, 0.5) is 11.4 Å². The van der Waals surface area contributed by atoms with E-state index < -0.39 is 10.9 Å². The van der Waals surface area contributed by atoms with E-state index in [1.807, 2.05) is 0 Å². The van der Waals surface area contributed by atoms with Crippen molar-refractivity contribution in [1.82, 2.24) is 0 Å². The van der Waals surface area contributed by atoms with Crippen molar-refractivity contribution in [2.75, 3.05) is 5.32 Å². The quantitative estimate of drug-likeness (QED) is 0.595. The van der Waals surface area contributed by atoms with Gasteiger partial charge in [-0.05, 0) is 36.8 Å². The highest BCUT2D eigenvalue weighted by atomic mass is 35.5. The summed E-state index contributed by atoms with van der Waals surface area (Å²) in [4.78, 5) is 21.6. The summed E-state index contributed by atoms with van der Waals surface area (Å²) < 4.78 is 0. The average Bonchev–Trinajstić information content (AvgIpc) is 2.46. The predicted molar refractivity (Wildman–Crippen MR) is 88.6 cm³/mol. The lowest BCUT2D eigenvalue weighted by atomic mass is 10.1. The molecule has 0 aliphatic carbocycles. The van der Waals surface area contributed by atoms with Crippen LogP contribution < -0.4 is 5.32 Å². The lowest BCUT2D eigenvalue weighted by Gasteiger charge is -2.17. The number of nitrogens with one attached hydrogen (secondary N) is 1. The summed E-state index contributed by atoms with van der Waals surface area (Å²) in [5.74, 6) is -1.17. The number of nitro benzene ring substituents is 1. The van der Waals surface area contributed by atoms with Crippen molar-refractivity contribution in [1.29, 1.82) is 0 Å². The Hall–Kier alpha value is -2.31. The smallest absolute Gasteiger partial charge is 0.335 e. The molecule has 120 valence electrons. The number of aromatic carboxylic acids is 1. The van der Waals surface area contributed by atoms with Crippen molar-refractivity contribution in [3.8, 4) is 0 Å². The molecule has 0 saturated heterocycles. The molecular formula is C15H12Cl2N2O4. The molecule has 0 amide bonds. The van der Waals surface area contributed by atoms with Gasteiger partial charge in [-0.1, -0.05) is 29.3 Å². The van der Waals surface area contributed by atoms with Crippen LogP contribution >= 0.6 is 23.2 Å². The van der Waals surface area contributed by atoms with Crippen molar-refractivity contribution in [2.24, 2.45) is 0 Å². The number of rotatable bonds is 5. The molecule has 2 aromatic rings. The number of anilines is 1. The molecule has 2 N–H and O–H groups in total. The fraction of sp³-hybridized carbons (Fsp3) is 0.133. The van der Waals surface area contributed by atoms with Crippen LogP contribution in [0.25, 0.3) is 0 Å². The maximum Gasteiger partial charge on any atom is 0.335 e. The predicted octanol–water partition coefficient (Wildman–Crippen LogP) is 4.77. The summed E-state index contributed by atoms with van der Waals surface area (Å²) in [5, 5.41) is 24.0. The zero-order valence-electron chi connectivity index (χ0n) is 11.9. The van der Waals surface area contributed by atoms with E-state index in [0.717, 1.165) is 6.07 Å². The van der Waals surface area contributed by atoms with Crippen LogP contribution in [-0.4, -0.2) is 16.0 Å². The second kappa shape index (κ2) is 6.85. The first kappa shape index (κ1) is 17.1. The highest BCUT2D eigenvalue weighted by molar-refractivity contribution is 6.35. The molecule has 0 spiro atoms. The Balaban J connectivity index is 2.39. The van der Waals surface area contributed by atoms with Gasteiger partial charge in [0.15, 0.2) is 0 Å². The fourth-order valence-corrected chi connectivity index (χ4v) is 2.68. The van der Waals surface area contributed by atoms with E-state index in [-0.39, 0.29) is 23.0 Å². The lowest BCUT2D eigenvalue weighted by molar-refractivity contribution is -0.384. The fourth-order valence-electron chi connectivity index (χ4n) is 2.11. The van der Waals surface area contributed by atoms with E-state index in [9.17, 15) is 14.9 Å². The number of nitrogens with zero attached hydrogens (tertiary/aromatic N) is 1. The van der Waals surface area contributed by atoms with Gasteiger partial charge >= 0.3 is 5.97 Å². The molecule has 23 heavy (non-hydrogen) atoms. The summed E-state index contributed by atoms with van der Waals surface area (Å²) in [6.45, 7) is 1.76. The Kier molecular flexibility index (Phi) is 5.08. The topological polar surface area (TPSA) is 92.5 Å². The average molecular weight is 355 g/mol. The first-order valence-corrected chi connectivity index (χ1v) is 7.28. The monoisotopic (exact) mass is 354 g/mol. The third-order valence-corrected chi connectivity index (χ3v) is 3.80. The second-order valence-electron chi connectivity index (χ2n) is 4.83. The van der Waals surface area contributed by atoms with Crippen molar-refractivity contribution < 1.29 is 14.8 Å². The summed E-state index contributed by atoms with van der Waals surface area (Å²) in [5.41, 5.74) is 0.527. The first-order chi connectivity index (χ1) is 10.8. The first-order valence-electron chi connectivity index (χ1n) is 6.53. The minimum absolute atomic E-state index is 0.0486. The Morgan fingerprint density at radius 1 is 1.26 bits per heavy atom. The van der Waals surface area contributed by atoms with Crippen LogP contribution in [0.1, 0.15) is 28.9 Å². The number of carbonyl (C=O) groups is 1. The van der Waals surface area contributed by atoms with Gasteiger partial charge < -0.3 is 10.4 Å². The number of halogens is 2. The van der Waals surface area contributed by atoms with Gasteiger partial charge in [0.2, 0.25) is 0 Å². The van der Waals surface area contributed by atoms with Gasteiger partial charge in [0.1, 0.15) is 5.69 Å². The van der Waals surface area contributed by atoms with Crippen LogP contribution in [0.15, 0.2) is 36.4 Å². The van der Waals surface area contributed by atoms with Crippen LogP contribution in [0, 0.1) is 10.1 Å². The molecule has 0 radical (unpaired) electrons. The third kappa shape index (κ3) is 3.91. The number of benzene rings is 2. The Morgan fingerprint density at radius 2 is 1.96 bits per heavy atom. The number of hydrogen-bond donors (Lipinski definition) is 2. The number of nitro groups is 1. The van der Waals surface area contributed by atoms with Gasteiger partial charge in [0.25, 0.3) is 5.69 Å². The highest BCUT2D eigenvalue weighted by Gasteiger charge is 2.19. The van der Waals surface area contributed by atoms with Gasteiger partial charge in [0, 0.05) is 16.1 Å². The molecule has 0 bridgehead atoms. The standard InChI is InChI=1S/C15H12Cl2N2O4/c1-8(11-4-3-10(16)7-12(11)17)18-13-6-9(15(20)21)2-5-14(13)19(22)23/h2-8,18H,1H3,(H,20,21)/t8-/m1/s1. The van der Waals surface area contributed by atoms with E-state index in [4.69, 9.17) is 28.3 Å². The second-order valence-corrected chi connectivity index (χ2v) is 5.67. The van der Waals surface area contributed by atoms with Crippen LogP contribution in [0.3, 0.4) is 0 Å². The molecule has 1 atom stereocenters. The highest BCUT2D eigenvalue weighted by Crippen LogP contribution is 2.32. The molecule has 0 heterocycles. The number of hydrogen-bond acceptors (Lipinski definition) is 4. The SMILES string of the molecule is C[C@@H](Nc1cc(C(=O)O)ccc1[N+](=O)[O-])c1ccc(Cl)cc1Cl. The molecule has 8 heteroatoms. The van der Waals surface area contributed by atoms with E-state index in [2.05, 4.69) is 5.32 Å². The summed E-state index contributed by atoms with van der Waals surface area (Å²) in [6.07, 6.45) is 0. The zero-order chi connectivity index (χ0) is 17.1. The van der Waals surface area contributed by atoms with Gasteiger partial charge in [-0.25, -0.2) is 4.79 Å². The largest absolute Gasteiger partial charge is 0.478 e. The maximum absolute atomic E-state index is 11.1. The Bertz CT molecular complexity index is 780. The van der Waals surface area contributed by atoms with E-state index in [1.54, 1.807) is 25.1 Å². The molecule has 0 unspecified atom stereocenters. The van der Waals surface area contributed by atoms with Crippen LogP contribution in [-0.2, 0) is 0 Å². The molecular weight excluding hydrogens is 343 g/mol. The molecule has 0 saturated carbocycles. The summed E-state index contributed by atoms with van der Waals surface area (Å²) in [6, 6.07) is 8.10. The van der Waals surface area contributed by atoms with Crippen molar-refractivity contribution >= 4 is 40.5 Å². The Labute approximate surface area is 141 Å². The van der Waals surface area contributed by atoms with E-state index in [1.165, 1.54) is 12.1 Å². The van der Waals surface area contributed by atoms with Gasteiger partial charge in [-0.2, -0.15) is 0 Å². The van der Waals surface area contributed by atoms with Crippen LogP contribution in [0.5, 0.6) is 0 Å². The van der Waals surface area contributed by atoms with E-state index in [0.29, 0.717) is 15.6 Å². The molecule has 6 nitrogen and oxygen atoms in total. The molecule has 2 rings (SSSR count). The summed E-state index contributed by atoms with van der Waals surface area (Å²) in [7, 11) is 0. The van der Waals surface area contributed by atoms with Crippen LogP contribution in [0.2, 0.25) is 10.0 Å². The number of carboxylic acid groups (broad SMARTS) is 1. The molecule has 2 aromatic carbocycles. The third-order valence-electron chi connectivity index (χ3n) is 3.24. The lowest BCUT2D eigenvalue weighted by Crippen LogP contribution is -2.10. The van der Waals surface area contributed by atoms with Crippen molar-refractivity contribution in [2.45, 2.75) is 13.0 Å². The summed E-state index contributed by atoms with van der Waals surface area (Å²) >= 11 is 12.0. The number of carboxylic acids is 1. The molecule has 0 aliphatic rings. The van der Waals surface area contributed by atoms with Crippen molar-refractivity contribution in [3.05, 3.63) is 67.7 Å². The van der Waals surface area contributed by atoms with Crippen molar-refractivity contribution in [3.63, 3.8) is 0 Å². The molecule has 0 fully saturated rings. The molecule has 0 aromatic heterocycles.